The van der Waals surface area contributed by atoms with Gasteiger partial charge in [-0.15, -0.1) is 0 Å². The first-order chi connectivity index (χ1) is 13.5. The number of carbonyl (C=O) groups is 3. The van der Waals surface area contributed by atoms with Crippen molar-refractivity contribution in [3.8, 4) is 0 Å². The van der Waals surface area contributed by atoms with Crippen LogP contribution in [0, 0.1) is 11.8 Å². The average molecular weight is 392 g/mol. The summed E-state index contributed by atoms with van der Waals surface area (Å²) in [6.07, 6.45) is 2.20. The zero-order chi connectivity index (χ0) is 20.4. The second kappa shape index (κ2) is 11.3. The van der Waals surface area contributed by atoms with Gasteiger partial charge in [-0.2, -0.15) is 0 Å². The Morgan fingerprint density at radius 2 is 1.46 bits per heavy atom. The summed E-state index contributed by atoms with van der Waals surface area (Å²) in [7, 11) is 0. The summed E-state index contributed by atoms with van der Waals surface area (Å²) < 4.78 is 5.20. The lowest BCUT2D eigenvalue weighted by Crippen LogP contribution is -2.40. The van der Waals surface area contributed by atoms with E-state index >= 15 is 0 Å². The maximum Gasteiger partial charge on any atom is 0.410 e. The van der Waals surface area contributed by atoms with E-state index in [1.807, 2.05) is 30.3 Å². The monoisotopic (exact) mass is 392 g/mol. The smallest absolute Gasteiger partial charge is 0.410 e. The molecule has 0 aliphatic carbocycles. The largest absolute Gasteiger partial charge is 0.481 e. The molecular formula is C20H28N2O6. The van der Waals surface area contributed by atoms with Crippen molar-refractivity contribution in [2.75, 3.05) is 26.2 Å². The number of nitrogens with one attached hydrogen (secondary N) is 1. The molecule has 2 heterocycles. The predicted molar refractivity (Wildman–Crippen MR) is 102 cm³/mol. The Labute approximate surface area is 164 Å². The molecule has 1 amide bonds. The van der Waals surface area contributed by atoms with E-state index in [9.17, 15) is 14.4 Å². The Hall–Kier alpha value is -2.61. The number of benzene rings is 1. The number of ether oxygens (including phenoxy) is 1. The molecule has 0 aromatic heterocycles. The maximum atomic E-state index is 11.8. The van der Waals surface area contributed by atoms with Gasteiger partial charge in [-0.05, 0) is 44.3 Å². The lowest BCUT2D eigenvalue weighted by molar-refractivity contribution is -0.143. The number of aliphatic carboxylic acids is 2. The molecule has 3 rings (SSSR count). The molecule has 0 radical (unpaired) electrons. The lowest BCUT2D eigenvalue weighted by Gasteiger charge is -2.29. The van der Waals surface area contributed by atoms with Gasteiger partial charge in [0.05, 0.1) is 11.8 Å². The Morgan fingerprint density at radius 1 is 0.929 bits per heavy atom. The molecule has 0 bridgehead atoms. The Bertz CT molecular complexity index is 637. The zero-order valence-corrected chi connectivity index (χ0v) is 15.9. The molecule has 8 nitrogen and oxygen atoms in total. The number of rotatable bonds is 4. The van der Waals surface area contributed by atoms with Gasteiger partial charge >= 0.3 is 18.0 Å². The number of piperidine rings is 2. The fraction of sp³-hybridized carbons (Fsp3) is 0.550. The molecule has 2 aliphatic heterocycles. The number of amides is 1. The third-order valence-electron chi connectivity index (χ3n) is 5.00. The summed E-state index contributed by atoms with van der Waals surface area (Å²) in [6, 6.07) is 9.47. The van der Waals surface area contributed by atoms with Gasteiger partial charge < -0.3 is 25.2 Å². The minimum atomic E-state index is -0.780. The zero-order valence-electron chi connectivity index (χ0n) is 15.9. The highest BCUT2D eigenvalue weighted by Gasteiger charge is 2.27. The fourth-order valence-electron chi connectivity index (χ4n) is 3.19. The molecule has 2 fully saturated rings. The van der Waals surface area contributed by atoms with Crippen molar-refractivity contribution in [1.82, 2.24) is 10.2 Å². The normalized spacial score (nSPS) is 17.9. The molecule has 2 aliphatic rings. The molecule has 8 heteroatoms. The number of carboxylic acids is 2. The van der Waals surface area contributed by atoms with Gasteiger partial charge in [0.25, 0.3) is 0 Å². The van der Waals surface area contributed by atoms with Crippen LogP contribution >= 0.6 is 0 Å². The van der Waals surface area contributed by atoms with Crippen LogP contribution in [-0.2, 0) is 20.9 Å². The Morgan fingerprint density at radius 3 is 1.96 bits per heavy atom. The Balaban J connectivity index is 0.000000261. The van der Waals surface area contributed by atoms with E-state index in [1.165, 1.54) is 0 Å². The third-order valence-corrected chi connectivity index (χ3v) is 5.00. The molecule has 1 aromatic carbocycles. The lowest BCUT2D eigenvalue weighted by atomic mass is 9.97. The van der Waals surface area contributed by atoms with Gasteiger partial charge in [0.2, 0.25) is 0 Å². The van der Waals surface area contributed by atoms with Crippen molar-refractivity contribution < 1.29 is 29.3 Å². The number of carboxylic acid groups (broad SMARTS) is 2. The van der Waals surface area contributed by atoms with Crippen LogP contribution in [0.1, 0.15) is 31.2 Å². The maximum absolute atomic E-state index is 11.8. The van der Waals surface area contributed by atoms with E-state index in [0.29, 0.717) is 25.9 Å². The molecule has 2 saturated heterocycles. The van der Waals surface area contributed by atoms with Crippen LogP contribution in [0.4, 0.5) is 4.79 Å². The summed E-state index contributed by atoms with van der Waals surface area (Å²) in [5.74, 6) is -1.85. The van der Waals surface area contributed by atoms with Crippen LogP contribution in [0.5, 0.6) is 0 Å². The van der Waals surface area contributed by atoms with Gasteiger partial charge in [0, 0.05) is 13.1 Å². The van der Waals surface area contributed by atoms with Crippen molar-refractivity contribution in [2.45, 2.75) is 32.3 Å². The second-order valence-corrected chi connectivity index (χ2v) is 7.00. The highest BCUT2D eigenvalue weighted by molar-refractivity contribution is 5.71. The summed E-state index contributed by atoms with van der Waals surface area (Å²) in [5, 5.41) is 20.5. The molecule has 0 spiro atoms. The predicted octanol–water partition coefficient (Wildman–Crippen LogP) is 2.19. The minimum Gasteiger partial charge on any atom is -0.481 e. The summed E-state index contributed by atoms with van der Waals surface area (Å²) in [5.41, 5.74) is 0.941. The quantitative estimate of drug-likeness (QED) is 0.719. The molecule has 28 heavy (non-hydrogen) atoms. The SMILES string of the molecule is O=C(O)C1CCN(C(=O)OCc2ccccc2)CC1.O=C(O)C1CCNCC1. The van der Waals surface area contributed by atoms with Crippen molar-refractivity contribution in [1.29, 1.82) is 0 Å². The van der Waals surface area contributed by atoms with Crippen LogP contribution in [0.3, 0.4) is 0 Å². The number of hydrogen-bond acceptors (Lipinski definition) is 5. The summed E-state index contributed by atoms with van der Waals surface area (Å²) in [6.45, 7) is 2.86. The van der Waals surface area contributed by atoms with E-state index in [4.69, 9.17) is 14.9 Å². The highest BCUT2D eigenvalue weighted by Crippen LogP contribution is 2.18. The van der Waals surface area contributed by atoms with E-state index in [-0.39, 0.29) is 24.5 Å². The molecule has 3 N–H and O–H groups in total. The van der Waals surface area contributed by atoms with E-state index in [0.717, 1.165) is 31.5 Å². The van der Waals surface area contributed by atoms with Gasteiger partial charge in [0.15, 0.2) is 0 Å². The second-order valence-electron chi connectivity index (χ2n) is 7.00. The molecule has 0 saturated carbocycles. The molecule has 0 atom stereocenters. The van der Waals surface area contributed by atoms with Crippen molar-refractivity contribution in [3.05, 3.63) is 35.9 Å². The van der Waals surface area contributed by atoms with Crippen LogP contribution in [0.25, 0.3) is 0 Å². The fourth-order valence-corrected chi connectivity index (χ4v) is 3.19. The van der Waals surface area contributed by atoms with Crippen molar-refractivity contribution in [2.24, 2.45) is 11.8 Å². The Kier molecular flexibility index (Phi) is 8.74. The van der Waals surface area contributed by atoms with E-state index in [2.05, 4.69) is 5.32 Å². The first-order valence-electron chi connectivity index (χ1n) is 9.59. The number of hydrogen-bond donors (Lipinski definition) is 3. The molecule has 1 aromatic rings. The van der Waals surface area contributed by atoms with E-state index in [1.54, 1.807) is 4.90 Å². The summed E-state index contributed by atoms with van der Waals surface area (Å²) in [4.78, 5) is 34.5. The molecular weight excluding hydrogens is 364 g/mol. The first-order valence-corrected chi connectivity index (χ1v) is 9.59. The van der Waals surface area contributed by atoms with Crippen LogP contribution in [0.2, 0.25) is 0 Å². The van der Waals surface area contributed by atoms with Gasteiger partial charge in [-0.1, -0.05) is 30.3 Å². The summed E-state index contributed by atoms with van der Waals surface area (Å²) >= 11 is 0. The van der Waals surface area contributed by atoms with E-state index < -0.39 is 11.9 Å². The average Bonchev–Trinajstić information content (AvgIpc) is 2.74. The van der Waals surface area contributed by atoms with Crippen LogP contribution in [0.15, 0.2) is 30.3 Å². The highest BCUT2D eigenvalue weighted by atomic mass is 16.6. The topological polar surface area (TPSA) is 116 Å². The first kappa shape index (κ1) is 21.7. The third kappa shape index (κ3) is 7.19. The standard InChI is InChI=1S/C14H17NO4.C6H11NO2/c16-13(17)12-6-8-15(9-7-12)14(18)19-10-11-4-2-1-3-5-11;8-6(9)5-1-3-7-4-2-5/h1-5,12H,6-10H2,(H,16,17);5,7H,1-4H2,(H,8,9). The molecule has 154 valence electrons. The van der Waals surface area contributed by atoms with Gasteiger partial charge in [-0.25, -0.2) is 4.79 Å². The minimum absolute atomic E-state index is 0.0914. The van der Waals surface area contributed by atoms with Gasteiger partial charge in [0.1, 0.15) is 6.61 Å². The molecule has 0 unspecified atom stereocenters. The van der Waals surface area contributed by atoms with Crippen molar-refractivity contribution >= 4 is 18.0 Å². The number of likely N-dealkylation sites (tertiary alicyclic amines) is 1. The van der Waals surface area contributed by atoms with Gasteiger partial charge in [-0.3, -0.25) is 9.59 Å². The number of nitrogens with zero attached hydrogens (tertiary/aromatic N) is 1. The van der Waals surface area contributed by atoms with Crippen LogP contribution < -0.4 is 5.32 Å². The van der Waals surface area contributed by atoms with Crippen LogP contribution in [-0.4, -0.2) is 59.3 Å². The van der Waals surface area contributed by atoms with Crippen molar-refractivity contribution in [3.63, 3.8) is 0 Å². The number of carbonyl (C=O) groups excluding carboxylic acids is 1.